The Balaban J connectivity index is 1.53. The molecule has 0 radical (unpaired) electrons. The molecule has 2 aromatic carbocycles. The van der Waals surface area contributed by atoms with Crippen molar-refractivity contribution < 1.29 is 8.87 Å². The van der Waals surface area contributed by atoms with Crippen molar-refractivity contribution in [2.24, 2.45) is 5.92 Å². The molecule has 0 unspecified atom stereocenters. The Bertz CT molecular complexity index is 666. The summed E-state index contributed by atoms with van der Waals surface area (Å²) in [5.74, 6) is 0.492. The maximum absolute atomic E-state index is 13.0. The predicted molar refractivity (Wildman–Crippen MR) is 82.9 cm³/mol. The minimum absolute atomic E-state index is 0.155. The van der Waals surface area contributed by atoms with Gasteiger partial charge in [-0.2, -0.15) is 0 Å². The number of benzene rings is 2. The Morgan fingerprint density at radius 2 is 1.67 bits per heavy atom. The van der Waals surface area contributed by atoms with Crippen LogP contribution in [0.15, 0.2) is 60.7 Å². The second kappa shape index (κ2) is 4.81. The summed E-state index contributed by atoms with van der Waals surface area (Å²) in [5.41, 5.74) is 4.04. The molecule has 3 aliphatic heterocycles. The van der Waals surface area contributed by atoms with Gasteiger partial charge in [-0.3, -0.25) is 0 Å². The van der Waals surface area contributed by atoms with Crippen LogP contribution >= 0.6 is 0 Å². The summed E-state index contributed by atoms with van der Waals surface area (Å²) in [5, 5.41) is 0. The molecule has 106 valence electrons. The van der Waals surface area contributed by atoms with E-state index in [-0.39, 0.29) is 5.82 Å². The van der Waals surface area contributed by atoms with Crippen LogP contribution in [0.2, 0.25) is 0 Å². The summed E-state index contributed by atoms with van der Waals surface area (Å²) in [6.45, 7) is 4.67. The van der Waals surface area contributed by atoms with Crippen molar-refractivity contribution in [3.63, 3.8) is 0 Å². The number of halogens is 1. The van der Waals surface area contributed by atoms with Crippen LogP contribution < -0.4 is 0 Å². The molecule has 1 nitrogen and oxygen atoms in total. The average molecular weight is 280 g/mol. The molecule has 0 aromatic heterocycles. The number of hydrogen-bond acceptors (Lipinski definition) is 0. The van der Waals surface area contributed by atoms with E-state index >= 15 is 0 Å². The quantitative estimate of drug-likeness (QED) is 0.749. The third kappa shape index (κ3) is 2.30. The van der Waals surface area contributed by atoms with Crippen LogP contribution in [-0.2, 0) is 6.54 Å². The minimum Gasteiger partial charge on any atom is -0.315 e. The molecule has 3 heterocycles. The molecule has 3 aliphatic rings. The van der Waals surface area contributed by atoms with Gasteiger partial charge in [0.2, 0.25) is 0 Å². The van der Waals surface area contributed by atoms with Gasteiger partial charge >= 0.3 is 0 Å². The normalized spacial score (nSPS) is 26.9. The number of nitrogens with zero attached hydrogens (tertiary/aromatic N) is 1. The molecule has 0 amide bonds. The number of rotatable bonds is 3. The number of hydrogen-bond donors (Lipinski definition) is 0. The first kappa shape index (κ1) is 12.8. The van der Waals surface area contributed by atoms with Gasteiger partial charge in [0.25, 0.3) is 0 Å². The molecule has 5 rings (SSSR count). The van der Waals surface area contributed by atoms with E-state index in [9.17, 15) is 4.39 Å². The van der Waals surface area contributed by atoms with E-state index in [1.165, 1.54) is 34.3 Å². The van der Waals surface area contributed by atoms with Gasteiger partial charge < -0.3 is 4.48 Å². The van der Waals surface area contributed by atoms with Crippen molar-refractivity contribution >= 4 is 5.57 Å². The zero-order valence-corrected chi connectivity index (χ0v) is 12.0. The van der Waals surface area contributed by atoms with Crippen molar-refractivity contribution in [2.75, 3.05) is 19.6 Å². The van der Waals surface area contributed by atoms with Crippen LogP contribution in [-0.4, -0.2) is 24.1 Å². The van der Waals surface area contributed by atoms with Crippen LogP contribution in [0.1, 0.15) is 11.1 Å². The summed E-state index contributed by atoms with van der Waals surface area (Å²) in [6, 6.07) is 17.7. The molecule has 0 N–H and O–H groups in total. The lowest BCUT2D eigenvalue weighted by Crippen LogP contribution is -2.65. The van der Waals surface area contributed by atoms with E-state index in [0.29, 0.717) is 5.92 Å². The van der Waals surface area contributed by atoms with E-state index in [0.717, 1.165) is 13.1 Å². The van der Waals surface area contributed by atoms with Crippen molar-refractivity contribution in [3.8, 4) is 0 Å². The Morgan fingerprint density at radius 3 is 2.29 bits per heavy atom. The molecule has 0 saturated carbocycles. The Hall–Kier alpha value is -1.93. The molecule has 21 heavy (non-hydrogen) atoms. The summed E-state index contributed by atoms with van der Waals surface area (Å²) >= 11 is 0. The Labute approximate surface area is 124 Å². The van der Waals surface area contributed by atoms with Crippen LogP contribution in [0.4, 0.5) is 4.39 Å². The van der Waals surface area contributed by atoms with Gasteiger partial charge in [0.1, 0.15) is 12.4 Å². The molecule has 0 spiro atoms. The van der Waals surface area contributed by atoms with Gasteiger partial charge in [0.05, 0.1) is 25.6 Å². The fourth-order valence-corrected chi connectivity index (χ4v) is 3.85. The molecule has 0 aliphatic carbocycles. The van der Waals surface area contributed by atoms with Crippen molar-refractivity contribution in [1.82, 2.24) is 0 Å². The molecule has 2 aromatic rings. The maximum Gasteiger partial charge on any atom is 0.123 e. The van der Waals surface area contributed by atoms with Gasteiger partial charge in [-0.1, -0.05) is 42.5 Å². The van der Waals surface area contributed by atoms with Crippen LogP contribution in [0.25, 0.3) is 5.57 Å². The smallest absolute Gasteiger partial charge is 0.123 e. The van der Waals surface area contributed by atoms with Crippen molar-refractivity contribution in [3.05, 3.63) is 77.6 Å². The third-order valence-corrected chi connectivity index (χ3v) is 4.89. The summed E-state index contributed by atoms with van der Waals surface area (Å²) in [6.07, 6.45) is 2.37. The fourth-order valence-electron chi connectivity index (χ4n) is 3.85. The van der Waals surface area contributed by atoms with Crippen molar-refractivity contribution in [2.45, 2.75) is 6.54 Å². The molecule has 1 fully saturated rings. The lowest BCUT2D eigenvalue weighted by atomic mass is 9.79. The standard InChI is InChI=1S/C19H19FN/c20-18-8-6-16(7-9-18)19-10-11-21(13-17(19)14-21)12-15-4-2-1-3-5-15/h1-10,17H,11-14H2/q+1. The first-order valence-electron chi connectivity index (χ1n) is 7.59. The zero-order chi connectivity index (χ0) is 14.3. The molecule has 0 atom stereocenters. The van der Waals surface area contributed by atoms with Crippen LogP contribution in [0.3, 0.4) is 0 Å². The largest absolute Gasteiger partial charge is 0.315 e. The summed E-state index contributed by atoms with van der Waals surface area (Å²) in [7, 11) is 0. The highest BCUT2D eigenvalue weighted by atomic mass is 19.1. The molecule has 2 heteroatoms. The fraction of sp³-hybridized carbons (Fsp3) is 0.263. The maximum atomic E-state index is 13.0. The van der Waals surface area contributed by atoms with Gasteiger partial charge in [0, 0.05) is 5.56 Å². The topological polar surface area (TPSA) is 0 Å². The average Bonchev–Trinajstić information content (AvgIpc) is 2.49. The first-order valence-corrected chi connectivity index (χ1v) is 7.59. The lowest BCUT2D eigenvalue weighted by Gasteiger charge is -2.54. The van der Waals surface area contributed by atoms with E-state index in [1.807, 2.05) is 12.1 Å². The van der Waals surface area contributed by atoms with Gasteiger partial charge in [-0.25, -0.2) is 4.39 Å². The summed E-state index contributed by atoms with van der Waals surface area (Å²) < 4.78 is 14.2. The molecule has 2 bridgehead atoms. The molecule has 1 saturated heterocycles. The first-order chi connectivity index (χ1) is 10.2. The van der Waals surface area contributed by atoms with Gasteiger partial charge in [0.15, 0.2) is 0 Å². The number of quaternary nitrogens is 1. The van der Waals surface area contributed by atoms with E-state index in [4.69, 9.17) is 0 Å². The lowest BCUT2D eigenvalue weighted by molar-refractivity contribution is -0.980. The SMILES string of the molecule is Fc1ccc(C2=CC[N+]3(Cc4ccccc4)CC2C3)cc1. The van der Waals surface area contributed by atoms with E-state index < -0.39 is 0 Å². The van der Waals surface area contributed by atoms with Crippen LogP contribution in [0, 0.1) is 11.7 Å². The van der Waals surface area contributed by atoms with E-state index in [1.54, 1.807) is 12.1 Å². The monoisotopic (exact) mass is 280 g/mol. The third-order valence-electron chi connectivity index (χ3n) is 4.89. The highest BCUT2D eigenvalue weighted by molar-refractivity contribution is 5.69. The predicted octanol–water partition coefficient (Wildman–Crippen LogP) is 3.87. The van der Waals surface area contributed by atoms with Crippen LogP contribution in [0.5, 0.6) is 0 Å². The molecular formula is C19H19FN+. The van der Waals surface area contributed by atoms with E-state index in [2.05, 4.69) is 36.4 Å². The van der Waals surface area contributed by atoms with Gasteiger partial charge in [-0.15, -0.1) is 0 Å². The second-order valence-electron chi connectivity index (χ2n) is 6.40. The number of fused-ring (bicyclic) bond motifs is 1. The second-order valence-corrected chi connectivity index (χ2v) is 6.40. The minimum atomic E-state index is -0.155. The van der Waals surface area contributed by atoms with Gasteiger partial charge in [-0.05, 0) is 29.3 Å². The zero-order valence-electron chi connectivity index (χ0n) is 12.0. The Morgan fingerprint density at radius 1 is 0.952 bits per heavy atom. The Kier molecular flexibility index (Phi) is 2.93. The summed E-state index contributed by atoms with van der Waals surface area (Å²) in [4.78, 5) is 0. The highest BCUT2D eigenvalue weighted by Gasteiger charge is 2.48. The highest BCUT2D eigenvalue weighted by Crippen LogP contribution is 2.42. The molecular weight excluding hydrogens is 261 g/mol. The van der Waals surface area contributed by atoms with Crippen molar-refractivity contribution in [1.29, 1.82) is 0 Å².